The van der Waals surface area contributed by atoms with Crippen LogP contribution >= 0.6 is 0 Å². The van der Waals surface area contributed by atoms with Crippen LogP contribution in [-0.2, 0) is 24.2 Å². The van der Waals surface area contributed by atoms with Crippen molar-refractivity contribution < 1.29 is 53.4 Å². The van der Waals surface area contributed by atoms with Crippen molar-refractivity contribution in [3.05, 3.63) is 144 Å². The molecule has 0 N–H and O–H groups in total. The molecule has 37 heavy (non-hydrogen) atoms. The number of fused-ring (bicyclic) bond motifs is 3. The minimum absolute atomic E-state index is 0. The van der Waals surface area contributed by atoms with Gasteiger partial charge in [0.15, 0.2) is 0 Å². The van der Waals surface area contributed by atoms with Gasteiger partial charge in [0, 0.05) is 0 Å². The first-order chi connectivity index (χ1) is 17.0. The van der Waals surface area contributed by atoms with E-state index in [0.29, 0.717) is 5.92 Å². The van der Waals surface area contributed by atoms with Gasteiger partial charge in [0.2, 0.25) is 0 Å². The Balaban J connectivity index is 0.000000194. The number of hydrogen-bond acceptors (Lipinski definition) is 0. The molecule has 0 fully saturated rings. The minimum Gasteiger partial charge on any atom is -1.00 e. The summed E-state index contributed by atoms with van der Waals surface area (Å²) in [6.45, 7) is 4.29. The van der Waals surface area contributed by atoms with Crippen LogP contribution in [0.2, 0.25) is 0 Å². The fourth-order valence-electron chi connectivity index (χ4n) is 4.23. The average molecular weight is 605 g/mol. The van der Waals surface area contributed by atoms with Gasteiger partial charge in [-0.3, -0.25) is 6.08 Å². The van der Waals surface area contributed by atoms with Crippen molar-refractivity contribution in [3.8, 4) is 0 Å². The maximum absolute atomic E-state index is 12.2. The molecule has 1 atom stereocenters. The van der Waals surface area contributed by atoms with Crippen LogP contribution in [0.25, 0.3) is 27.1 Å². The molecule has 0 saturated heterocycles. The quantitative estimate of drug-likeness (QED) is 0.272. The standard InChI is InChI=1S/C13H9.C13H13.C7H5F.2ClH.Zr/c1-3-7-12-10(5-1)9-11-6-2-4-8-13(11)12;1-10-8-11(2)13(9-10)12-6-4-3-5-7-12;1-6-2-4-7(8)5-3-6;;;/h1-9H;3-7,9-10H,1-2H3;1-5H;2*1H;/q2*-1;;;;+2/p-2. The normalized spacial score (nSPS) is 13.6. The summed E-state index contributed by atoms with van der Waals surface area (Å²) in [6, 6.07) is 36.2. The number of rotatable bonds is 2. The van der Waals surface area contributed by atoms with Crippen molar-refractivity contribution in [2.45, 2.75) is 13.8 Å². The smallest absolute Gasteiger partial charge is 0.0771 e. The van der Waals surface area contributed by atoms with Gasteiger partial charge in [-0.1, -0.05) is 86.5 Å². The zero-order valence-electron chi connectivity index (χ0n) is 20.8. The molecule has 186 valence electrons. The monoisotopic (exact) mass is 602 g/mol. The Kier molecular flexibility index (Phi) is 12.5. The van der Waals surface area contributed by atoms with Gasteiger partial charge in [-0.15, -0.1) is 45.3 Å². The van der Waals surface area contributed by atoms with E-state index in [1.807, 2.05) is 9.78 Å². The molecule has 1 aliphatic rings. The second-order valence-electron chi connectivity index (χ2n) is 8.52. The zero-order chi connectivity index (χ0) is 24.6. The van der Waals surface area contributed by atoms with Crippen molar-refractivity contribution in [1.82, 2.24) is 0 Å². The van der Waals surface area contributed by atoms with E-state index in [2.05, 4.69) is 105 Å². The van der Waals surface area contributed by atoms with Crippen molar-refractivity contribution in [2.24, 2.45) is 5.92 Å². The van der Waals surface area contributed by atoms with Crippen molar-refractivity contribution in [1.29, 1.82) is 0 Å². The average Bonchev–Trinajstić information content (AvgIpc) is 3.44. The van der Waals surface area contributed by atoms with E-state index in [1.54, 1.807) is 12.1 Å². The molecule has 0 amide bonds. The van der Waals surface area contributed by atoms with Crippen molar-refractivity contribution in [3.63, 3.8) is 0 Å². The van der Waals surface area contributed by atoms with Gasteiger partial charge in [0.25, 0.3) is 0 Å². The number of hydrogen-bond donors (Lipinski definition) is 0. The van der Waals surface area contributed by atoms with Gasteiger partial charge in [-0.2, -0.15) is 11.6 Å². The molecule has 5 aromatic carbocycles. The number of benzene rings is 4. The van der Waals surface area contributed by atoms with E-state index in [0.717, 1.165) is 5.56 Å². The van der Waals surface area contributed by atoms with E-state index in [-0.39, 0.29) is 30.6 Å². The van der Waals surface area contributed by atoms with Crippen LogP contribution in [0.5, 0.6) is 0 Å². The minimum atomic E-state index is -0.170. The predicted octanol–water partition coefficient (Wildman–Crippen LogP) is 2.71. The fraction of sp³-hybridized carbons (Fsp3) is 0.0909. The largest absolute Gasteiger partial charge is 1.00 e. The number of halogens is 3. The molecule has 0 aromatic heterocycles. The summed E-state index contributed by atoms with van der Waals surface area (Å²) in [7, 11) is 0. The second-order valence-corrected chi connectivity index (χ2v) is 9.23. The zero-order valence-corrected chi connectivity index (χ0v) is 24.7. The Hall–Kier alpha value is -2.51. The van der Waals surface area contributed by atoms with Crippen LogP contribution in [0.4, 0.5) is 4.39 Å². The summed E-state index contributed by atoms with van der Waals surface area (Å²) in [6.07, 6.45) is 5.66. The van der Waals surface area contributed by atoms with E-state index in [9.17, 15) is 4.39 Å². The first-order valence-electron chi connectivity index (χ1n) is 11.7. The third-order valence-corrected chi connectivity index (χ3v) is 6.73. The molecule has 0 radical (unpaired) electrons. The molecule has 5 aromatic rings. The summed E-state index contributed by atoms with van der Waals surface area (Å²) < 4.78 is 14.2. The Morgan fingerprint density at radius 1 is 0.757 bits per heavy atom. The van der Waals surface area contributed by atoms with Crippen LogP contribution in [-0.4, -0.2) is 3.71 Å². The Labute approximate surface area is 246 Å². The molecule has 6 rings (SSSR count). The van der Waals surface area contributed by atoms with Gasteiger partial charge in [0.05, 0.1) is 0 Å². The summed E-state index contributed by atoms with van der Waals surface area (Å²) in [4.78, 5) is 0. The molecule has 0 spiro atoms. The van der Waals surface area contributed by atoms with Crippen LogP contribution < -0.4 is 24.8 Å². The molecular weight excluding hydrogens is 577 g/mol. The topological polar surface area (TPSA) is 0 Å². The molecule has 0 saturated carbocycles. The molecule has 0 heterocycles. The summed E-state index contributed by atoms with van der Waals surface area (Å²) in [5, 5.41) is 5.39. The third kappa shape index (κ3) is 8.24. The van der Waals surface area contributed by atoms with Crippen LogP contribution in [0.1, 0.15) is 25.0 Å². The molecule has 1 aliphatic carbocycles. The fourth-order valence-corrected chi connectivity index (χ4v) is 4.70. The Bertz CT molecular complexity index is 1430. The van der Waals surface area contributed by atoms with Crippen LogP contribution in [0, 0.1) is 17.8 Å². The third-order valence-electron chi connectivity index (χ3n) is 5.91. The van der Waals surface area contributed by atoms with Gasteiger partial charge in [0.1, 0.15) is 0 Å². The maximum Gasteiger partial charge on any atom is -0.0771 e. The van der Waals surface area contributed by atoms with Gasteiger partial charge in [-0.25, -0.2) is 5.57 Å². The molecular formula is C33H27Cl2FZr-2. The van der Waals surface area contributed by atoms with Crippen molar-refractivity contribution >= 4 is 30.8 Å². The number of allylic oxidation sites excluding steroid dienone is 4. The maximum atomic E-state index is 12.2. The van der Waals surface area contributed by atoms with E-state index in [4.69, 9.17) is 0 Å². The molecule has 0 nitrogen and oxygen atoms in total. The van der Waals surface area contributed by atoms with Crippen LogP contribution in [0.15, 0.2) is 121 Å². The summed E-state index contributed by atoms with van der Waals surface area (Å²) in [5.74, 6) is 0.298. The van der Waals surface area contributed by atoms with Gasteiger partial charge in [-0.05, 0) is 0 Å². The Morgan fingerprint density at radius 3 is 1.76 bits per heavy atom. The Morgan fingerprint density at radius 2 is 1.27 bits per heavy atom. The van der Waals surface area contributed by atoms with Crippen LogP contribution in [0.3, 0.4) is 0 Å². The van der Waals surface area contributed by atoms with Gasteiger partial charge >= 0.3 is 68.0 Å². The van der Waals surface area contributed by atoms with E-state index < -0.39 is 0 Å². The summed E-state index contributed by atoms with van der Waals surface area (Å²) >= 11 is 1.34. The second kappa shape index (κ2) is 15.0. The molecule has 0 bridgehead atoms. The van der Waals surface area contributed by atoms with Gasteiger partial charge < -0.3 is 24.8 Å². The molecule has 0 aliphatic heterocycles. The SMILES string of the molecule is CC1=[C-]C(C)C=C1c1ccccc1.Fc1ccc([CH]=[Zr+2])cc1.[Cl-].[Cl-].c1ccc2c(c1)[cH-]c1ccccc12. The first-order valence-corrected chi connectivity index (χ1v) is 13.1. The first kappa shape index (κ1) is 30.7. The predicted molar refractivity (Wildman–Crippen MR) is 145 cm³/mol. The summed E-state index contributed by atoms with van der Waals surface area (Å²) in [5.41, 5.74) is 5.01. The molecule has 4 heteroatoms. The van der Waals surface area contributed by atoms with E-state index in [1.165, 1.54) is 74.6 Å². The molecule has 1 unspecified atom stereocenters. The van der Waals surface area contributed by atoms with E-state index >= 15 is 0 Å². The van der Waals surface area contributed by atoms with Crippen molar-refractivity contribution in [2.75, 3.05) is 0 Å².